The number of carbonyl (C=O) groups is 1. The first-order chi connectivity index (χ1) is 15.3. The summed E-state index contributed by atoms with van der Waals surface area (Å²) in [6, 6.07) is 0.714. The highest BCUT2D eigenvalue weighted by Crippen LogP contribution is 2.24. The maximum atomic E-state index is 11.9. The van der Waals surface area contributed by atoms with Crippen LogP contribution in [0.5, 0.6) is 0 Å². The highest BCUT2D eigenvalue weighted by molar-refractivity contribution is 7.99. The number of morpholine rings is 1. The van der Waals surface area contributed by atoms with E-state index < -0.39 is 30.1 Å². The van der Waals surface area contributed by atoms with Crippen LogP contribution in [0, 0.1) is 5.41 Å². The summed E-state index contributed by atoms with van der Waals surface area (Å²) in [5.41, 5.74) is -0.817. The Morgan fingerprint density at radius 2 is 1.67 bits per heavy atom. The molecular formula is C21H45NO8S2Si. The molecule has 0 atom stereocenters. The van der Waals surface area contributed by atoms with Gasteiger partial charge in [0, 0.05) is 51.7 Å². The Balaban J connectivity index is 0.000000938. The van der Waals surface area contributed by atoms with Gasteiger partial charge in [-0.1, -0.05) is 13.8 Å². The molecule has 0 N–H and O–H groups in total. The van der Waals surface area contributed by atoms with Gasteiger partial charge in [0.05, 0.1) is 36.9 Å². The van der Waals surface area contributed by atoms with Crippen LogP contribution in [-0.2, 0) is 32.9 Å². The average molecular weight is 532 g/mol. The Labute approximate surface area is 206 Å². The number of likely N-dealkylation sites (N-methyl/N-ethyl adjacent to an activating group) is 1. The lowest BCUT2D eigenvalue weighted by atomic mass is 9.89. The summed E-state index contributed by atoms with van der Waals surface area (Å²) < 4.78 is 54.9. The average Bonchev–Trinajstić information content (AvgIpc) is 2.73. The number of thioether (sulfide) groups is 1. The van der Waals surface area contributed by atoms with Gasteiger partial charge in [-0.2, -0.15) is 11.8 Å². The summed E-state index contributed by atoms with van der Waals surface area (Å²) in [7, 11) is 0.187. The lowest BCUT2D eigenvalue weighted by molar-refractivity contribution is -0.915. The minimum Gasteiger partial charge on any atom is -0.748 e. The Hall–Kier alpha value is -0.0531. The lowest BCUT2D eigenvalue weighted by Crippen LogP contribution is -2.51. The molecule has 0 radical (unpaired) electrons. The molecule has 0 saturated carbocycles. The third kappa shape index (κ3) is 15.5. The maximum absolute atomic E-state index is 11.9. The standard InChI is InChI=1S/C14H30O7S2Si.C7H16NO/c1-14(2,12-23(16,17)18)11-13(15)7-9-22-8-6-10-24(19-3,20-4)21-5;1-3-8(2)4-6-9-7-5-8/h6-12H2,1-5H3,(H,16,17,18);3-7H2,1-2H3/q;+1/p-1. The smallest absolute Gasteiger partial charge is 0.500 e. The van der Waals surface area contributed by atoms with Crippen molar-refractivity contribution in [1.82, 2.24) is 0 Å². The highest BCUT2D eigenvalue weighted by Gasteiger charge is 2.36. The van der Waals surface area contributed by atoms with Gasteiger partial charge in [-0.05, 0) is 24.5 Å². The van der Waals surface area contributed by atoms with E-state index in [4.69, 9.17) is 18.0 Å². The highest BCUT2D eigenvalue weighted by atomic mass is 32.2. The number of quaternary nitrogens is 1. The van der Waals surface area contributed by atoms with Crippen LogP contribution in [0.25, 0.3) is 0 Å². The first kappa shape index (κ1) is 32.9. The second kappa shape index (κ2) is 15.8. The molecule has 1 aliphatic rings. The third-order valence-electron chi connectivity index (χ3n) is 5.79. The number of hydrogen-bond acceptors (Lipinski definition) is 9. The van der Waals surface area contributed by atoms with E-state index in [0.29, 0.717) is 18.2 Å². The summed E-state index contributed by atoms with van der Waals surface area (Å²) in [6.07, 6.45) is 1.33. The molecule has 0 spiro atoms. The molecule has 198 valence electrons. The molecule has 9 nitrogen and oxygen atoms in total. The van der Waals surface area contributed by atoms with E-state index in [1.807, 2.05) is 0 Å². The van der Waals surface area contributed by atoms with Crippen molar-refractivity contribution in [3.63, 3.8) is 0 Å². The predicted molar refractivity (Wildman–Crippen MR) is 133 cm³/mol. The van der Waals surface area contributed by atoms with E-state index in [1.54, 1.807) is 46.9 Å². The van der Waals surface area contributed by atoms with Gasteiger partial charge >= 0.3 is 8.80 Å². The van der Waals surface area contributed by atoms with Gasteiger partial charge < -0.3 is 27.1 Å². The largest absolute Gasteiger partial charge is 0.748 e. The zero-order chi connectivity index (χ0) is 25.6. The Bertz CT molecular complexity index is 642. The molecule has 1 rings (SSSR count). The van der Waals surface area contributed by atoms with Crippen molar-refractivity contribution in [2.75, 3.05) is 78.5 Å². The summed E-state index contributed by atoms with van der Waals surface area (Å²) in [5.74, 6) is 0.985. The Kier molecular flexibility index (Phi) is 15.8. The van der Waals surface area contributed by atoms with E-state index in [2.05, 4.69) is 14.0 Å². The zero-order valence-electron chi connectivity index (χ0n) is 21.5. The van der Waals surface area contributed by atoms with Crippen molar-refractivity contribution < 1.29 is 40.3 Å². The first-order valence-corrected chi connectivity index (χ1v) is 16.0. The van der Waals surface area contributed by atoms with Gasteiger partial charge in [-0.15, -0.1) is 0 Å². The van der Waals surface area contributed by atoms with Crippen LogP contribution in [0.1, 0.15) is 40.0 Å². The second-order valence-electron chi connectivity index (χ2n) is 9.34. The number of Topliss-reactive ketones (excluding diaryl/α,β-unsaturated/α-hetero) is 1. The van der Waals surface area contributed by atoms with Crippen LogP contribution >= 0.6 is 11.8 Å². The molecule has 0 bridgehead atoms. The Morgan fingerprint density at radius 3 is 2.09 bits per heavy atom. The van der Waals surface area contributed by atoms with Crippen LogP contribution in [0.2, 0.25) is 6.04 Å². The number of nitrogens with zero attached hydrogens (tertiary/aromatic N) is 1. The fourth-order valence-corrected chi connectivity index (χ4v) is 7.45. The molecule has 33 heavy (non-hydrogen) atoms. The van der Waals surface area contributed by atoms with Gasteiger partial charge in [0.15, 0.2) is 0 Å². The lowest BCUT2D eigenvalue weighted by Gasteiger charge is -2.36. The molecule has 0 amide bonds. The van der Waals surface area contributed by atoms with Crippen molar-refractivity contribution in [3.05, 3.63) is 0 Å². The molecule has 0 aromatic carbocycles. The van der Waals surface area contributed by atoms with Gasteiger partial charge in [-0.3, -0.25) is 4.79 Å². The summed E-state index contributed by atoms with van der Waals surface area (Å²) in [5, 5.41) is 0. The zero-order valence-corrected chi connectivity index (χ0v) is 24.1. The van der Waals surface area contributed by atoms with Gasteiger partial charge in [0.2, 0.25) is 0 Å². The minimum atomic E-state index is -4.32. The van der Waals surface area contributed by atoms with Gasteiger partial charge in [0.1, 0.15) is 18.9 Å². The topological polar surface area (TPSA) is 111 Å². The molecule has 0 aromatic heterocycles. The second-order valence-corrected chi connectivity index (χ2v) is 15.1. The van der Waals surface area contributed by atoms with E-state index in [1.165, 1.54) is 24.1 Å². The third-order valence-corrected chi connectivity index (χ3v) is 10.8. The Morgan fingerprint density at radius 1 is 1.12 bits per heavy atom. The van der Waals surface area contributed by atoms with Crippen molar-refractivity contribution in [2.24, 2.45) is 5.41 Å². The van der Waals surface area contributed by atoms with E-state index >= 15 is 0 Å². The molecule has 1 saturated heterocycles. The fourth-order valence-electron chi connectivity index (χ4n) is 3.49. The van der Waals surface area contributed by atoms with Crippen LogP contribution < -0.4 is 0 Å². The number of ether oxygens (including phenoxy) is 1. The molecule has 0 aromatic rings. The number of hydrogen-bond donors (Lipinski definition) is 0. The number of carbonyl (C=O) groups excluding carboxylic acids is 1. The number of rotatable bonds is 15. The molecule has 0 unspecified atom stereocenters. The van der Waals surface area contributed by atoms with E-state index in [0.717, 1.165) is 25.4 Å². The van der Waals surface area contributed by atoms with Gasteiger partial charge in [0.25, 0.3) is 0 Å². The van der Waals surface area contributed by atoms with Crippen molar-refractivity contribution in [3.8, 4) is 0 Å². The maximum Gasteiger partial charge on any atom is 0.500 e. The first-order valence-electron chi connectivity index (χ1n) is 11.4. The van der Waals surface area contributed by atoms with E-state index in [-0.39, 0.29) is 12.2 Å². The summed E-state index contributed by atoms with van der Waals surface area (Å²) in [6.45, 7) is 11.0. The predicted octanol–water partition coefficient (Wildman–Crippen LogP) is 2.39. The quantitative estimate of drug-likeness (QED) is 0.136. The van der Waals surface area contributed by atoms with Gasteiger partial charge in [-0.25, -0.2) is 8.42 Å². The van der Waals surface area contributed by atoms with Crippen molar-refractivity contribution >= 4 is 36.5 Å². The molecule has 1 fully saturated rings. The molecule has 0 aliphatic carbocycles. The van der Waals surface area contributed by atoms with Crippen LogP contribution in [0.15, 0.2) is 0 Å². The summed E-state index contributed by atoms with van der Waals surface area (Å²) in [4.78, 5) is 11.9. The van der Waals surface area contributed by atoms with Crippen LogP contribution in [-0.4, -0.2) is 111 Å². The minimum absolute atomic E-state index is 0.0226. The van der Waals surface area contributed by atoms with Crippen LogP contribution in [0.3, 0.4) is 0 Å². The van der Waals surface area contributed by atoms with Crippen molar-refractivity contribution in [1.29, 1.82) is 0 Å². The summed E-state index contributed by atoms with van der Waals surface area (Å²) >= 11 is 1.65. The molecule has 1 aliphatic heterocycles. The normalized spacial score (nSPS) is 16.7. The number of ketones is 1. The van der Waals surface area contributed by atoms with E-state index in [9.17, 15) is 17.8 Å². The molecule has 12 heteroatoms. The molecule has 1 heterocycles. The van der Waals surface area contributed by atoms with Crippen molar-refractivity contribution in [2.45, 2.75) is 46.1 Å². The fraction of sp³-hybridized carbons (Fsp3) is 0.952. The molecular weight excluding hydrogens is 486 g/mol. The SMILES string of the molecule is CC[N+]1(C)CCOCC1.CO[Si](CCCSCCC(=O)CC(C)(C)CS(=O)(=O)[O-])(OC)OC. The monoisotopic (exact) mass is 531 g/mol. The van der Waals surface area contributed by atoms with Crippen LogP contribution in [0.4, 0.5) is 0 Å².